The highest BCUT2D eigenvalue weighted by molar-refractivity contribution is 6.42. The molecule has 1 aliphatic heterocycles. The summed E-state index contributed by atoms with van der Waals surface area (Å²) in [5.74, 6) is -0.891. The molecule has 2 unspecified atom stereocenters. The average molecular weight is 508 g/mol. The number of benzene rings is 3. The largest absolute Gasteiger partial charge is 0.326 e. The number of benzodiazepines with no additional fused rings is 1. The highest BCUT2D eigenvalue weighted by atomic mass is 35.5. The van der Waals surface area contributed by atoms with Crippen LogP contribution in [-0.4, -0.2) is 30.7 Å². The molecule has 0 fully saturated rings. The summed E-state index contributed by atoms with van der Waals surface area (Å²) in [6.45, 7) is 3.97. The number of hydrogen-bond donors (Lipinski definition) is 1. The van der Waals surface area contributed by atoms with Gasteiger partial charge in [0.05, 0.1) is 21.4 Å². The van der Waals surface area contributed by atoms with Crippen LogP contribution in [0.4, 0.5) is 5.69 Å². The Morgan fingerprint density at radius 1 is 1.00 bits per heavy atom. The van der Waals surface area contributed by atoms with Crippen molar-refractivity contribution in [2.45, 2.75) is 26.4 Å². The van der Waals surface area contributed by atoms with Gasteiger partial charge >= 0.3 is 0 Å². The predicted octanol–water partition coefficient (Wildman–Crippen LogP) is 5.76. The topological polar surface area (TPSA) is 61.8 Å². The highest BCUT2D eigenvalue weighted by Crippen LogP contribution is 2.28. The van der Waals surface area contributed by atoms with Crippen molar-refractivity contribution in [3.8, 4) is 0 Å². The molecule has 2 amide bonds. The second-order valence-corrected chi connectivity index (χ2v) is 9.79. The molecule has 3 aromatic rings. The molecule has 0 radical (unpaired) electrons. The molecule has 0 spiro atoms. The number of amides is 2. The van der Waals surface area contributed by atoms with Crippen molar-refractivity contribution < 1.29 is 9.59 Å². The number of hydrogen-bond acceptors (Lipinski definition) is 3. The Labute approximate surface area is 215 Å². The van der Waals surface area contributed by atoms with E-state index in [1.165, 1.54) is 0 Å². The minimum atomic E-state index is -1.05. The molecular formula is C28H27Cl2N3O2. The number of carbonyl (C=O) groups is 2. The van der Waals surface area contributed by atoms with Crippen LogP contribution in [-0.2, 0) is 16.0 Å². The van der Waals surface area contributed by atoms with Crippen LogP contribution in [0.5, 0.6) is 0 Å². The maximum absolute atomic E-state index is 13.5. The molecule has 3 aromatic carbocycles. The number of anilines is 1. The van der Waals surface area contributed by atoms with Gasteiger partial charge in [-0.05, 0) is 36.1 Å². The molecule has 4 rings (SSSR count). The fourth-order valence-electron chi connectivity index (χ4n) is 4.24. The molecule has 0 saturated carbocycles. The van der Waals surface area contributed by atoms with Crippen molar-refractivity contribution >= 4 is 46.4 Å². The van der Waals surface area contributed by atoms with Gasteiger partial charge in [0.15, 0.2) is 0 Å². The third kappa shape index (κ3) is 5.42. The molecule has 0 aromatic heterocycles. The minimum Gasteiger partial charge on any atom is -0.326 e. The Hall–Kier alpha value is -3.15. The summed E-state index contributed by atoms with van der Waals surface area (Å²) < 4.78 is 0. The minimum absolute atomic E-state index is 0.0258. The van der Waals surface area contributed by atoms with E-state index in [1.54, 1.807) is 24.1 Å². The molecule has 180 valence electrons. The molecule has 0 saturated heterocycles. The van der Waals surface area contributed by atoms with E-state index in [9.17, 15) is 9.59 Å². The van der Waals surface area contributed by atoms with E-state index >= 15 is 0 Å². The molecule has 0 aliphatic carbocycles. The third-order valence-electron chi connectivity index (χ3n) is 6.25. The first-order chi connectivity index (χ1) is 16.8. The van der Waals surface area contributed by atoms with E-state index in [1.807, 2.05) is 74.5 Å². The second kappa shape index (κ2) is 10.6. The van der Waals surface area contributed by atoms with Crippen molar-refractivity contribution in [2.24, 2.45) is 16.8 Å². The van der Waals surface area contributed by atoms with Crippen LogP contribution in [0.1, 0.15) is 30.5 Å². The normalized spacial score (nSPS) is 16.4. The first-order valence-corrected chi connectivity index (χ1v) is 12.3. The molecular weight excluding hydrogens is 481 g/mol. The van der Waals surface area contributed by atoms with E-state index < -0.39 is 6.17 Å². The molecule has 35 heavy (non-hydrogen) atoms. The van der Waals surface area contributed by atoms with E-state index in [4.69, 9.17) is 28.2 Å². The summed E-state index contributed by atoms with van der Waals surface area (Å²) >= 11 is 12.2. The quantitative estimate of drug-likeness (QED) is 0.460. The molecule has 2 atom stereocenters. The highest BCUT2D eigenvalue weighted by Gasteiger charge is 2.33. The van der Waals surface area contributed by atoms with Gasteiger partial charge in [0.25, 0.3) is 5.91 Å². The first-order valence-electron chi connectivity index (χ1n) is 11.5. The molecule has 7 heteroatoms. The number of para-hydroxylation sites is 1. The molecule has 1 aliphatic rings. The number of nitrogens with zero attached hydrogens (tertiary/aromatic N) is 2. The number of carbonyl (C=O) groups excluding carboxylic acids is 2. The summed E-state index contributed by atoms with van der Waals surface area (Å²) in [4.78, 5) is 33.3. The van der Waals surface area contributed by atoms with Gasteiger partial charge in [-0.2, -0.15) is 0 Å². The van der Waals surface area contributed by atoms with E-state index in [0.717, 1.165) is 22.4 Å². The van der Waals surface area contributed by atoms with Crippen LogP contribution in [0, 0.1) is 11.8 Å². The summed E-state index contributed by atoms with van der Waals surface area (Å²) in [6, 6.07) is 22.7. The van der Waals surface area contributed by atoms with Gasteiger partial charge in [-0.25, -0.2) is 4.99 Å². The first kappa shape index (κ1) is 25.0. The van der Waals surface area contributed by atoms with Crippen LogP contribution < -0.4 is 10.2 Å². The van der Waals surface area contributed by atoms with Crippen molar-refractivity contribution in [3.63, 3.8) is 0 Å². The Balaban J connectivity index is 1.67. The van der Waals surface area contributed by atoms with Gasteiger partial charge in [0.2, 0.25) is 12.1 Å². The van der Waals surface area contributed by atoms with E-state index in [2.05, 4.69) is 5.32 Å². The maximum atomic E-state index is 13.5. The SMILES string of the molecule is CC(C)C(Cc1ccc(Cl)c(Cl)c1)C(=O)NC1N=C(c2ccccc2)c2ccccc2N(C)C1=O. The molecule has 1 N–H and O–H groups in total. The number of rotatable bonds is 6. The number of fused-ring (bicyclic) bond motifs is 1. The maximum Gasteiger partial charge on any atom is 0.272 e. The van der Waals surface area contributed by atoms with Gasteiger partial charge < -0.3 is 10.2 Å². The van der Waals surface area contributed by atoms with Crippen LogP contribution in [0.2, 0.25) is 10.0 Å². The summed E-state index contributed by atoms with van der Waals surface area (Å²) in [5, 5.41) is 3.84. The van der Waals surface area contributed by atoms with E-state index in [0.29, 0.717) is 22.2 Å². The van der Waals surface area contributed by atoms with Gasteiger partial charge in [0, 0.05) is 24.1 Å². The zero-order valence-electron chi connectivity index (χ0n) is 19.8. The van der Waals surface area contributed by atoms with Crippen LogP contribution in [0.15, 0.2) is 77.8 Å². The zero-order chi connectivity index (χ0) is 25.1. The number of likely N-dealkylation sites (N-methyl/N-ethyl adjacent to an activating group) is 1. The molecule has 0 bridgehead atoms. The number of halogens is 2. The zero-order valence-corrected chi connectivity index (χ0v) is 21.3. The standard InChI is InChI=1S/C28H27Cl2N3O2/c1-17(2)21(15-18-13-14-22(29)23(30)16-18)27(34)32-26-28(35)33(3)24-12-8-7-11-20(24)25(31-26)19-9-5-4-6-10-19/h4-14,16-17,21,26H,15H2,1-3H3,(H,32,34). The number of aliphatic imine (C=N–C) groups is 1. The molecule has 5 nitrogen and oxygen atoms in total. The Morgan fingerprint density at radius 2 is 1.69 bits per heavy atom. The van der Waals surface area contributed by atoms with E-state index in [-0.39, 0.29) is 23.7 Å². The van der Waals surface area contributed by atoms with Gasteiger partial charge in [-0.3, -0.25) is 9.59 Å². The monoisotopic (exact) mass is 507 g/mol. The van der Waals surface area contributed by atoms with Crippen molar-refractivity contribution in [1.29, 1.82) is 0 Å². The van der Waals surface area contributed by atoms with Crippen molar-refractivity contribution in [1.82, 2.24) is 5.32 Å². The van der Waals surface area contributed by atoms with Crippen LogP contribution >= 0.6 is 23.2 Å². The second-order valence-electron chi connectivity index (χ2n) is 8.97. The lowest BCUT2D eigenvalue weighted by atomic mass is 9.88. The summed E-state index contributed by atoms with van der Waals surface area (Å²) in [7, 11) is 1.71. The Kier molecular flexibility index (Phi) is 7.58. The van der Waals surface area contributed by atoms with Crippen LogP contribution in [0.25, 0.3) is 0 Å². The van der Waals surface area contributed by atoms with Gasteiger partial charge in [-0.15, -0.1) is 0 Å². The Bertz CT molecular complexity index is 1270. The smallest absolute Gasteiger partial charge is 0.272 e. The average Bonchev–Trinajstić information content (AvgIpc) is 2.95. The summed E-state index contributed by atoms with van der Waals surface area (Å²) in [5.41, 5.74) is 4.02. The van der Waals surface area contributed by atoms with Gasteiger partial charge in [0.1, 0.15) is 0 Å². The van der Waals surface area contributed by atoms with Crippen LogP contribution in [0.3, 0.4) is 0 Å². The lowest BCUT2D eigenvalue weighted by Crippen LogP contribution is -2.48. The van der Waals surface area contributed by atoms with Gasteiger partial charge in [-0.1, -0.05) is 91.6 Å². The predicted molar refractivity (Wildman–Crippen MR) is 142 cm³/mol. The van der Waals surface area contributed by atoms with Crippen molar-refractivity contribution in [3.05, 3.63) is 99.5 Å². The third-order valence-corrected chi connectivity index (χ3v) is 6.99. The molecule has 1 heterocycles. The Morgan fingerprint density at radius 3 is 2.37 bits per heavy atom. The summed E-state index contributed by atoms with van der Waals surface area (Å²) in [6.07, 6.45) is -0.586. The fourth-order valence-corrected chi connectivity index (χ4v) is 4.56. The lowest BCUT2D eigenvalue weighted by molar-refractivity contribution is -0.130. The lowest BCUT2D eigenvalue weighted by Gasteiger charge is -2.24. The van der Waals surface area contributed by atoms with Crippen molar-refractivity contribution in [2.75, 3.05) is 11.9 Å². The fraction of sp³-hybridized carbons (Fsp3) is 0.250. The number of nitrogens with one attached hydrogen (secondary N) is 1.